The van der Waals surface area contributed by atoms with E-state index in [-0.39, 0.29) is 30.3 Å². The number of benzene rings is 1. The maximum atomic E-state index is 12.8. The molecule has 31 heavy (non-hydrogen) atoms. The lowest BCUT2D eigenvalue weighted by molar-refractivity contribution is -0.158. The number of carbonyl (C=O) groups is 3. The summed E-state index contributed by atoms with van der Waals surface area (Å²) in [6.45, 7) is 9.16. The Morgan fingerprint density at radius 2 is 1.77 bits per heavy atom. The van der Waals surface area contributed by atoms with Crippen LogP contribution in [0.25, 0.3) is 0 Å². The molecule has 2 fully saturated rings. The fourth-order valence-electron chi connectivity index (χ4n) is 4.54. The number of amides is 3. The topological polar surface area (TPSA) is 73.0 Å². The third-order valence-corrected chi connectivity index (χ3v) is 6.13. The van der Waals surface area contributed by atoms with E-state index in [1.165, 1.54) is 0 Å². The monoisotopic (exact) mass is 428 g/mol. The van der Waals surface area contributed by atoms with Crippen LogP contribution in [0, 0.1) is 0 Å². The Bertz CT molecular complexity index is 759. The average Bonchev–Trinajstić information content (AvgIpc) is 2.78. The van der Waals surface area contributed by atoms with Gasteiger partial charge in [-0.3, -0.25) is 14.4 Å². The summed E-state index contributed by atoms with van der Waals surface area (Å²) in [5.41, 5.74) is 1.54. The minimum atomic E-state index is -0.292. The van der Waals surface area contributed by atoms with Crippen LogP contribution < -0.4 is 5.32 Å². The van der Waals surface area contributed by atoms with Crippen LogP contribution in [0.3, 0.4) is 0 Å². The van der Waals surface area contributed by atoms with Crippen molar-refractivity contribution in [3.8, 4) is 0 Å². The third kappa shape index (κ3) is 6.06. The van der Waals surface area contributed by atoms with Gasteiger partial charge >= 0.3 is 0 Å². The maximum Gasteiger partial charge on any atom is 0.251 e. The molecular formula is C24H36N4O3. The zero-order chi connectivity index (χ0) is 22.2. The van der Waals surface area contributed by atoms with Gasteiger partial charge in [0.25, 0.3) is 5.91 Å². The van der Waals surface area contributed by atoms with Gasteiger partial charge in [-0.1, -0.05) is 26.0 Å². The minimum absolute atomic E-state index is 0.0421. The lowest BCUT2D eigenvalue weighted by Crippen LogP contribution is -2.60. The Labute approximate surface area is 185 Å². The van der Waals surface area contributed by atoms with Crippen LogP contribution in [-0.4, -0.2) is 77.7 Å². The van der Waals surface area contributed by atoms with E-state index in [0.717, 1.165) is 57.3 Å². The number of fused-ring (bicyclic) bond motifs is 1. The van der Waals surface area contributed by atoms with Crippen molar-refractivity contribution in [2.45, 2.75) is 58.5 Å². The summed E-state index contributed by atoms with van der Waals surface area (Å²) in [7, 11) is 0. The lowest BCUT2D eigenvalue weighted by atomic mass is 9.98. The van der Waals surface area contributed by atoms with Crippen LogP contribution in [0.5, 0.6) is 0 Å². The molecule has 3 amide bonds. The van der Waals surface area contributed by atoms with Crippen LogP contribution in [0.2, 0.25) is 0 Å². The van der Waals surface area contributed by atoms with E-state index in [1.807, 2.05) is 12.1 Å². The first-order valence-electron chi connectivity index (χ1n) is 11.7. The van der Waals surface area contributed by atoms with Crippen molar-refractivity contribution in [3.05, 3.63) is 35.4 Å². The number of piperidine rings is 1. The van der Waals surface area contributed by atoms with Gasteiger partial charge in [-0.2, -0.15) is 0 Å². The normalized spacial score (nSPS) is 19.0. The van der Waals surface area contributed by atoms with Gasteiger partial charge in [-0.25, -0.2) is 0 Å². The van der Waals surface area contributed by atoms with Gasteiger partial charge in [0.15, 0.2) is 0 Å². The molecule has 0 aliphatic carbocycles. The summed E-state index contributed by atoms with van der Waals surface area (Å²) in [6, 6.07) is 7.05. The molecule has 7 nitrogen and oxygen atoms in total. The molecule has 1 aromatic rings. The van der Waals surface area contributed by atoms with Crippen molar-refractivity contribution in [3.63, 3.8) is 0 Å². The smallest absolute Gasteiger partial charge is 0.251 e. The van der Waals surface area contributed by atoms with Crippen LogP contribution in [0.1, 0.15) is 61.9 Å². The average molecular weight is 429 g/mol. The molecule has 2 heterocycles. The molecule has 1 atom stereocenters. The molecule has 170 valence electrons. The van der Waals surface area contributed by atoms with Crippen LogP contribution >= 0.6 is 0 Å². The third-order valence-electron chi connectivity index (χ3n) is 6.13. The molecule has 0 spiro atoms. The summed E-state index contributed by atoms with van der Waals surface area (Å²) in [4.78, 5) is 43.5. The van der Waals surface area contributed by atoms with Crippen LogP contribution in [0.15, 0.2) is 24.3 Å². The minimum Gasteiger partial charge on any atom is -0.351 e. The van der Waals surface area contributed by atoms with Gasteiger partial charge in [0.05, 0.1) is 0 Å². The summed E-state index contributed by atoms with van der Waals surface area (Å²) < 4.78 is 0. The van der Waals surface area contributed by atoms with E-state index in [1.54, 1.807) is 21.9 Å². The molecule has 2 aliphatic heterocycles. The Morgan fingerprint density at radius 1 is 1.06 bits per heavy atom. The van der Waals surface area contributed by atoms with Crippen molar-refractivity contribution < 1.29 is 14.4 Å². The Kier molecular flexibility index (Phi) is 8.46. The van der Waals surface area contributed by atoms with Gasteiger partial charge in [-0.05, 0) is 62.9 Å². The predicted molar refractivity (Wildman–Crippen MR) is 121 cm³/mol. The maximum absolute atomic E-state index is 12.8. The summed E-state index contributed by atoms with van der Waals surface area (Å²) in [5, 5.41) is 3.00. The van der Waals surface area contributed by atoms with Crippen molar-refractivity contribution >= 4 is 17.7 Å². The zero-order valence-corrected chi connectivity index (χ0v) is 18.9. The van der Waals surface area contributed by atoms with Crippen LogP contribution in [-0.2, 0) is 16.1 Å². The zero-order valence-electron chi connectivity index (χ0n) is 18.9. The van der Waals surface area contributed by atoms with Crippen molar-refractivity contribution in [1.82, 2.24) is 20.0 Å². The molecular weight excluding hydrogens is 392 g/mol. The molecule has 1 aromatic carbocycles. The number of hydrogen-bond acceptors (Lipinski definition) is 4. The predicted octanol–water partition coefficient (Wildman–Crippen LogP) is 2.26. The summed E-state index contributed by atoms with van der Waals surface area (Å²) in [6.07, 6.45) is 4.95. The first-order valence-corrected chi connectivity index (χ1v) is 11.7. The molecule has 0 aromatic heterocycles. The second-order valence-corrected chi connectivity index (χ2v) is 8.59. The van der Waals surface area contributed by atoms with Crippen LogP contribution in [0.4, 0.5) is 0 Å². The first-order chi connectivity index (χ1) is 15.0. The largest absolute Gasteiger partial charge is 0.351 e. The van der Waals surface area contributed by atoms with Gasteiger partial charge in [0.1, 0.15) is 12.6 Å². The van der Waals surface area contributed by atoms with E-state index in [0.29, 0.717) is 25.2 Å². The van der Waals surface area contributed by atoms with E-state index >= 15 is 0 Å². The number of nitrogens with zero attached hydrogens (tertiary/aromatic N) is 3. The van der Waals surface area contributed by atoms with Gasteiger partial charge in [0.2, 0.25) is 11.8 Å². The highest BCUT2D eigenvalue weighted by molar-refractivity contribution is 5.95. The SMILES string of the molecule is CCCN(CCC)CCNC(=O)c1ccc(CN2CC(=O)N3CCCCC3C2=O)cc1. The molecule has 0 radical (unpaired) electrons. The number of nitrogens with one attached hydrogen (secondary N) is 1. The molecule has 7 heteroatoms. The van der Waals surface area contributed by atoms with Crippen molar-refractivity contribution in [2.75, 3.05) is 39.3 Å². The Balaban J connectivity index is 1.51. The molecule has 3 rings (SSSR count). The lowest BCUT2D eigenvalue weighted by Gasteiger charge is -2.42. The standard InChI is InChI=1S/C24H36N4O3/c1-3-13-26(14-4-2)16-12-25-23(30)20-10-8-19(9-11-20)17-27-18-22(29)28-15-6-5-7-21(28)24(27)31/h8-11,21H,3-7,12-18H2,1-2H3,(H,25,30). The van der Waals surface area contributed by atoms with E-state index < -0.39 is 0 Å². The summed E-state index contributed by atoms with van der Waals surface area (Å²) in [5.74, 6) is 0.00638. The second-order valence-electron chi connectivity index (χ2n) is 8.59. The van der Waals surface area contributed by atoms with Crippen molar-refractivity contribution in [1.29, 1.82) is 0 Å². The number of rotatable bonds is 10. The highest BCUT2D eigenvalue weighted by Gasteiger charge is 2.40. The van der Waals surface area contributed by atoms with Gasteiger partial charge in [-0.15, -0.1) is 0 Å². The van der Waals surface area contributed by atoms with Gasteiger partial charge < -0.3 is 20.0 Å². The van der Waals surface area contributed by atoms with Crippen molar-refractivity contribution in [2.24, 2.45) is 0 Å². The fourth-order valence-corrected chi connectivity index (χ4v) is 4.54. The highest BCUT2D eigenvalue weighted by atomic mass is 16.2. The molecule has 2 saturated heterocycles. The Hall–Kier alpha value is -2.41. The highest BCUT2D eigenvalue weighted by Crippen LogP contribution is 2.24. The number of hydrogen-bond donors (Lipinski definition) is 1. The molecule has 0 saturated carbocycles. The molecule has 1 N–H and O–H groups in total. The second kappa shape index (κ2) is 11.3. The Morgan fingerprint density at radius 3 is 2.45 bits per heavy atom. The molecule has 2 aliphatic rings. The van der Waals surface area contributed by atoms with E-state index in [2.05, 4.69) is 24.1 Å². The first kappa shape index (κ1) is 23.3. The number of piperazine rings is 1. The summed E-state index contributed by atoms with van der Waals surface area (Å²) >= 11 is 0. The molecule has 0 bridgehead atoms. The fraction of sp³-hybridized carbons (Fsp3) is 0.625. The van der Waals surface area contributed by atoms with Gasteiger partial charge in [0, 0.05) is 31.7 Å². The van der Waals surface area contributed by atoms with E-state index in [4.69, 9.17) is 0 Å². The quantitative estimate of drug-likeness (QED) is 0.621. The van der Waals surface area contributed by atoms with E-state index in [9.17, 15) is 14.4 Å². The molecule has 1 unspecified atom stereocenters. The number of carbonyl (C=O) groups excluding carboxylic acids is 3.